The third-order valence-corrected chi connectivity index (χ3v) is 0. The van der Waals surface area contributed by atoms with Crippen LogP contribution in [0.5, 0.6) is 0 Å². The summed E-state index contributed by atoms with van der Waals surface area (Å²) in [7, 11) is -9.22. The molecule has 0 radical (unpaired) electrons. The molecule has 0 bridgehead atoms. The van der Waals surface area contributed by atoms with E-state index in [-0.39, 0.29) is 52.8 Å². The first-order valence-electron chi connectivity index (χ1n) is 1.79. The molecule has 0 atom stereocenters. The van der Waals surface area contributed by atoms with E-state index in [1.807, 2.05) is 0 Å². The summed E-state index contributed by atoms with van der Waals surface area (Å²) in [6, 6.07) is 0. The minimum absolute atomic E-state index is 0. The standard InChI is InChI=1S/K.2H4O4Si.H/c;2*1-5(2,3)4;/h;2*1-4H;/q+1;;;-1. The van der Waals surface area contributed by atoms with Crippen LogP contribution in [0.2, 0.25) is 0 Å². The Morgan fingerprint density at radius 1 is 0.545 bits per heavy atom. The van der Waals surface area contributed by atoms with E-state index >= 15 is 0 Å². The molecule has 8 nitrogen and oxygen atoms in total. The van der Waals surface area contributed by atoms with Gasteiger partial charge >= 0.3 is 69.5 Å². The van der Waals surface area contributed by atoms with Gasteiger partial charge in [0.15, 0.2) is 0 Å². The second-order valence-electron chi connectivity index (χ2n) is 1.20. The Hall–Kier alpha value is 1.75. The summed E-state index contributed by atoms with van der Waals surface area (Å²) < 4.78 is 0. The molecule has 0 aliphatic rings. The van der Waals surface area contributed by atoms with Crippen LogP contribution in [0, 0.1) is 0 Å². The van der Waals surface area contributed by atoms with E-state index in [4.69, 9.17) is 38.4 Å². The van der Waals surface area contributed by atoms with Gasteiger partial charge in [-0.25, -0.2) is 0 Å². The molecule has 0 aromatic rings. The maximum absolute atomic E-state index is 7.33. The van der Waals surface area contributed by atoms with E-state index in [9.17, 15) is 0 Å². The van der Waals surface area contributed by atoms with Gasteiger partial charge in [-0.15, -0.1) is 0 Å². The summed E-state index contributed by atoms with van der Waals surface area (Å²) in [6.07, 6.45) is 0. The van der Waals surface area contributed by atoms with Crippen molar-refractivity contribution >= 4 is 18.1 Å². The average molecular weight is 232 g/mol. The van der Waals surface area contributed by atoms with E-state index < -0.39 is 18.1 Å². The van der Waals surface area contributed by atoms with E-state index in [0.717, 1.165) is 0 Å². The molecule has 0 heterocycles. The molecule has 8 N–H and O–H groups in total. The topological polar surface area (TPSA) is 162 Å². The Kier molecular flexibility index (Phi) is 12.1. The molecule has 0 unspecified atom stereocenters. The Morgan fingerprint density at radius 3 is 0.545 bits per heavy atom. The molecule has 0 spiro atoms. The van der Waals surface area contributed by atoms with Gasteiger partial charge in [-0.3, -0.25) is 0 Å². The van der Waals surface area contributed by atoms with Crippen molar-refractivity contribution in [2.24, 2.45) is 0 Å². The summed E-state index contributed by atoms with van der Waals surface area (Å²) >= 11 is 0. The molecule has 0 rings (SSSR count). The van der Waals surface area contributed by atoms with Crippen molar-refractivity contribution in [3.63, 3.8) is 0 Å². The molecule has 0 saturated heterocycles. The zero-order valence-corrected chi connectivity index (χ0v) is 10.7. The second-order valence-corrected chi connectivity index (χ2v) is 3.60. The van der Waals surface area contributed by atoms with Crippen LogP contribution >= 0.6 is 0 Å². The molecule has 11 heavy (non-hydrogen) atoms. The van der Waals surface area contributed by atoms with Crippen LogP contribution in [-0.2, 0) is 0 Å². The van der Waals surface area contributed by atoms with Crippen LogP contribution in [0.15, 0.2) is 0 Å². The Morgan fingerprint density at radius 2 is 0.545 bits per heavy atom. The van der Waals surface area contributed by atoms with Crippen molar-refractivity contribution < 1.29 is 91.2 Å². The molecule has 0 aliphatic heterocycles. The summed E-state index contributed by atoms with van der Waals surface area (Å²) in [5.74, 6) is 0. The first kappa shape index (κ1) is 18.5. The van der Waals surface area contributed by atoms with Gasteiger partial charge in [0, 0.05) is 0 Å². The summed E-state index contributed by atoms with van der Waals surface area (Å²) in [5.41, 5.74) is 0. The largest absolute Gasteiger partial charge is 1.00 e. The summed E-state index contributed by atoms with van der Waals surface area (Å²) in [4.78, 5) is 58.6. The monoisotopic (exact) mass is 232 g/mol. The number of hydrogen-bond acceptors (Lipinski definition) is 8. The van der Waals surface area contributed by atoms with Gasteiger partial charge in [-0.2, -0.15) is 0 Å². The SMILES string of the molecule is O[Si](O)(O)O.O[Si](O)(O)O.[H-].[K+]. The molecule has 0 saturated carbocycles. The normalized spacial score (nSPS) is 10.9. The van der Waals surface area contributed by atoms with Gasteiger partial charge in [0.05, 0.1) is 0 Å². The van der Waals surface area contributed by atoms with E-state index in [1.54, 1.807) is 0 Å². The maximum atomic E-state index is 7.33. The predicted molar refractivity (Wildman–Crippen MR) is 30.4 cm³/mol. The smallest absolute Gasteiger partial charge is 1.00 e. The minimum atomic E-state index is -4.61. The molecular formula is H9KO8Si2. The third-order valence-electron chi connectivity index (χ3n) is 0. The minimum Gasteiger partial charge on any atom is -1.00 e. The molecule has 0 amide bonds. The Balaban J connectivity index is -0.0000000457. The molecule has 0 fully saturated rings. The third kappa shape index (κ3) is 365. The molecule has 0 aliphatic carbocycles. The fourth-order valence-corrected chi connectivity index (χ4v) is 0. The predicted octanol–water partition coefficient (Wildman–Crippen LogP) is -8.10. The first-order valence-corrected chi connectivity index (χ1v) is 5.37. The van der Waals surface area contributed by atoms with Crippen LogP contribution in [0.3, 0.4) is 0 Å². The van der Waals surface area contributed by atoms with Gasteiger partial charge < -0.3 is 39.8 Å². The Labute approximate surface area is 108 Å². The van der Waals surface area contributed by atoms with E-state index in [0.29, 0.717) is 0 Å². The van der Waals surface area contributed by atoms with Crippen molar-refractivity contribution in [1.82, 2.24) is 0 Å². The van der Waals surface area contributed by atoms with Gasteiger partial charge in [0.25, 0.3) is 0 Å². The fraction of sp³-hybridized carbons (Fsp3) is 0. The molecule has 66 valence electrons. The first-order chi connectivity index (χ1) is 4.00. The number of rotatable bonds is 0. The van der Waals surface area contributed by atoms with Crippen molar-refractivity contribution in [3.8, 4) is 0 Å². The van der Waals surface area contributed by atoms with Gasteiger partial charge in [0.1, 0.15) is 0 Å². The second kappa shape index (κ2) is 7.18. The van der Waals surface area contributed by atoms with Crippen LogP contribution < -0.4 is 51.4 Å². The molecule has 0 aromatic carbocycles. The van der Waals surface area contributed by atoms with Crippen molar-refractivity contribution in [3.05, 3.63) is 0 Å². The van der Waals surface area contributed by atoms with E-state index in [2.05, 4.69) is 0 Å². The fourth-order valence-electron chi connectivity index (χ4n) is 0. The number of hydrogen-bond donors (Lipinski definition) is 8. The molecule has 11 heteroatoms. The zero-order valence-electron chi connectivity index (χ0n) is 6.58. The Bertz CT molecular complexity index is 60.0. The molecular weight excluding hydrogens is 223 g/mol. The van der Waals surface area contributed by atoms with Gasteiger partial charge in [0.2, 0.25) is 0 Å². The zero-order chi connectivity index (χ0) is 9.00. The summed E-state index contributed by atoms with van der Waals surface area (Å²) in [6.45, 7) is 0. The van der Waals surface area contributed by atoms with Crippen LogP contribution in [0.1, 0.15) is 1.43 Å². The average Bonchev–Trinajstić information content (AvgIpc) is 1.12. The van der Waals surface area contributed by atoms with Crippen molar-refractivity contribution in [1.29, 1.82) is 0 Å². The summed E-state index contributed by atoms with van der Waals surface area (Å²) in [5, 5.41) is 0. The van der Waals surface area contributed by atoms with Crippen LogP contribution in [0.25, 0.3) is 0 Å². The van der Waals surface area contributed by atoms with E-state index in [1.165, 1.54) is 0 Å². The van der Waals surface area contributed by atoms with Crippen LogP contribution in [0.4, 0.5) is 0 Å². The van der Waals surface area contributed by atoms with Crippen molar-refractivity contribution in [2.45, 2.75) is 0 Å². The van der Waals surface area contributed by atoms with Gasteiger partial charge in [-0.05, 0) is 0 Å². The maximum Gasteiger partial charge on any atom is 1.00 e. The van der Waals surface area contributed by atoms with Crippen molar-refractivity contribution in [2.75, 3.05) is 0 Å². The van der Waals surface area contributed by atoms with Crippen LogP contribution in [-0.4, -0.2) is 56.5 Å². The van der Waals surface area contributed by atoms with Gasteiger partial charge in [-0.1, -0.05) is 0 Å². The quantitative estimate of drug-likeness (QED) is 0.191. The molecule has 0 aromatic heterocycles.